The highest BCUT2D eigenvalue weighted by molar-refractivity contribution is 5.59. The Kier molecular flexibility index (Phi) is 4.98. The fraction of sp³-hybridized carbons (Fsp3) is 0.800. The van der Waals surface area contributed by atoms with E-state index in [0.29, 0.717) is 0 Å². The van der Waals surface area contributed by atoms with Crippen molar-refractivity contribution in [2.24, 2.45) is 5.11 Å². The van der Waals surface area contributed by atoms with E-state index in [0.717, 1.165) is 0 Å². The molecule has 7 nitrogen and oxygen atoms in total. The molecule has 0 heterocycles. The van der Waals surface area contributed by atoms with Gasteiger partial charge in [-0.15, -0.1) is 0 Å². The molecule has 0 fully saturated rings. The third kappa shape index (κ3) is 2.85. The summed E-state index contributed by atoms with van der Waals surface area (Å²) in [6.07, 6.45) is -2.85. The number of hydrogen-bond donors (Lipinski definition) is 3. The molecular formula is C5H9N3O4. The summed E-state index contributed by atoms with van der Waals surface area (Å²) in [5.74, 6) is 0. The molecule has 0 spiro atoms. The number of aldehydes is 1. The topological polar surface area (TPSA) is 127 Å². The molecule has 0 aromatic carbocycles. The highest BCUT2D eigenvalue weighted by Crippen LogP contribution is 2.01. The summed E-state index contributed by atoms with van der Waals surface area (Å²) in [4.78, 5) is 12.4. The summed E-state index contributed by atoms with van der Waals surface area (Å²) < 4.78 is 0. The van der Waals surface area contributed by atoms with Gasteiger partial charge < -0.3 is 20.1 Å². The normalized spacial score (nSPS) is 17.2. The number of hydrogen-bond acceptors (Lipinski definition) is 5. The van der Waals surface area contributed by atoms with Crippen molar-refractivity contribution in [1.82, 2.24) is 0 Å². The summed E-state index contributed by atoms with van der Waals surface area (Å²) >= 11 is 0. The van der Waals surface area contributed by atoms with Crippen LogP contribution in [0.2, 0.25) is 0 Å². The lowest BCUT2D eigenvalue weighted by Crippen LogP contribution is -2.39. The van der Waals surface area contributed by atoms with Gasteiger partial charge in [-0.1, -0.05) is 5.11 Å². The first-order chi connectivity index (χ1) is 5.67. The maximum absolute atomic E-state index is 10.1. The molecule has 3 atom stereocenters. The average Bonchev–Trinajstić information content (AvgIpc) is 2.11. The van der Waals surface area contributed by atoms with E-state index < -0.39 is 24.9 Å². The van der Waals surface area contributed by atoms with E-state index in [1.54, 1.807) is 0 Å². The van der Waals surface area contributed by atoms with E-state index in [1.165, 1.54) is 0 Å². The first kappa shape index (κ1) is 10.9. The van der Waals surface area contributed by atoms with Crippen LogP contribution in [0.1, 0.15) is 0 Å². The molecule has 0 amide bonds. The van der Waals surface area contributed by atoms with Gasteiger partial charge in [-0.3, -0.25) is 0 Å². The minimum absolute atomic E-state index is 0.198. The summed E-state index contributed by atoms with van der Waals surface area (Å²) in [6, 6.07) is -1.36. The van der Waals surface area contributed by atoms with Gasteiger partial charge >= 0.3 is 0 Å². The van der Waals surface area contributed by atoms with Crippen molar-refractivity contribution in [3.05, 3.63) is 10.4 Å². The van der Waals surface area contributed by atoms with Crippen molar-refractivity contribution >= 4 is 6.29 Å². The number of aliphatic hydroxyl groups is 3. The van der Waals surface area contributed by atoms with Crippen molar-refractivity contribution in [2.45, 2.75) is 18.2 Å². The average molecular weight is 175 g/mol. The highest BCUT2D eigenvalue weighted by atomic mass is 16.4. The van der Waals surface area contributed by atoms with Crippen molar-refractivity contribution < 1.29 is 20.1 Å². The molecule has 68 valence electrons. The van der Waals surface area contributed by atoms with Crippen LogP contribution >= 0.6 is 0 Å². The van der Waals surface area contributed by atoms with Gasteiger partial charge in [0.2, 0.25) is 0 Å². The van der Waals surface area contributed by atoms with Crippen LogP contribution in [-0.2, 0) is 4.79 Å². The van der Waals surface area contributed by atoms with Gasteiger partial charge in [0.15, 0.2) is 0 Å². The molecule has 7 heteroatoms. The monoisotopic (exact) mass is 175 g/mol. The molecular weight excluding hydrogens is 166 g/mol. The van der Waals surface area contributed by atoms with Gasteiger partial charge in [-0.2, -0.15) is 0 Å². The van der Waals surface area contributed by atoms with Crippen LogP contribution in [0.5, 0.6) is 0 Å². The number of rotatable bonds is 5. The molecule has 0 bridgehead atoms. The predicted octanol–water partition coefficient (Wildman–Crippen LogP) is -1.42. The third-order valence-corrected chi connectivity index (χ3v) is 1.26. The molecule has 0 aromatic rings. The molecule has 3 N–H and O–H groups in total. The highest BCUT2D eigenvalue weighted by Gasteiger charge is 2.24. The van der Waals surface area contributed by atoms with Gasteiger partial charge in [-0.25, -0.2) is 0 Å². The van der Waals surface area contributed by atoms with E-state index in [2.05, 4.69) is 10.0 Å². The van der Waals surface area contributed by atoms with Crippen LogP contribution < -0.4 is 0 Å². The Hall–Kier alpha value is -1.14. The maximum Gasteiger partial charge on any atom is 0.131 e. The van der Waals surface area contributed by atoms with E-state index >= 15 is 0 Å². The minimum Gasteiger partial charge on any atom is -0.394 e. The molecule has 0 aromatic heterocycles. The van der Waals surface area contributed by atoms with Gasteiger partial charge in [0.25, 0.3) is 0 Å². The quantitative estimate of drug-likeness (QED) is 0.205. The molecule has 0 radical (unpaired) electrons. The maximum atomic E-state index is 10.1. The first-order valence-electron chi connectivity index (χ1n) is 3.13. The Morgan fingerprint density at radius 1 is 1.58 bits per heavy atom. The van der Waals surface area contributed by atoms with Gasteiger partial charge in [0, 0.05) is 4.91 Å². The Morgan fingerprint density at radius 3 is 2.50 bits per heavy atom. The zero-order valence-electron chi connectivity index (χ0n) is 6.11. The minimum atomic E-state index is -1.57. The Morgan fingerprint density at radius 2 is 2.17 bits per heavy atom. The standard InChI is InChI=1S/C5H9N3O4/c6-8-7-3(1-9)5(12)4(11)2-10/h1,3-5,10-12H,2H2/t3-,4+,5-/m0/s1. The molecule has 0 aliphatic carbocycles. The van der Waals surface area contributed by atoms with E-state index in [9.17, 15) is 4.79 Å². The molecule has 0 rings (SSSR count). The number of nitrogens with zero attached hydrogens (tertiary/aromatic N) is 3. The van der Waals surface area contributed by atoms with Gasteiger partial charge in [0.05, 0.1) is 12.7 Å². The fourth-order valence-corrected chi connectivity index (χ4v) is 0.571. The SMILES string of the molecule is [N-]=[N+]=N[C@@H](C=O)[C@H](O)[C@H](O)CO. The fourth-order valence-electron chi connectivity index (χ4n) is 0.571. The molecule has 0 aliphatic rings. The predicted molar refractivity (Wildman–Crippen MR) is 38.1 cm³/mol. The summed E-state index contributed by atoms with van der Waals surface area (Å²) in [6.45, 7) is -0.702. The van der Waals surface area contributed by atoms with E-state index in [1.807, 2.05) is 0 Å². The Bertz CT molecular complexity index is 191. The van der Waals surface area contributed by atoms with Crippen LogP contribution in [0.4, 0.5) is 0 Å². The smallest absolute Gasteiger partial charge is 0.131 e. The molecule has 0 aliphatic heterocycles. The lowest BCUT2D eigenvalue weighted by Gasteiger charge is -2.17. The lowest BCUT2D eigenvalue weighted by molar-refractivity contribution is -0.113. The second-order valence-electron chi connectivity index (χ2n) is 2.07. The Labute approximate surface area is 67.9 Å². The van der Waals surface area contributed by atoms with Crippen molar-refractivity contribution in [2.75, 3.05) is 6.61 Å². The van der Waals surface area contributed by atoms with E-state index in [4.69, 9.17) is 20.9 Å². The molecule has 0 saturated carbocycles. The number of carbonyl (C=O) groups excluding carboxylic acids is 1. The van der Waals surface area contributed by atoms with Gasteiger partial charge in [-0.05, 0) is 5.53 Å². The summed E-state index contributed by atoms with van der Waals surface area (Å²) in [7, 11) is 0. The van der Waals surface area contributed by atoms with Crippen LogP contribution in [0.25, 0.3) is 10.4 Å². The van der Waals surface area contributed by atoms with Crippen molar-refractivity contribution in [3.63, 3.8) is 0 Å². The lowest BCUT2D eigenvalue weighted by atomic mass is 10.1. The number of carbonyl (C=O) groups is 1. The summed E-state index contributed by atoms with van der Waals surface area (Å²) in [5, 5.41) is 29.1. The molecule has 0 unspecified atom stereocenters. The van der Waals surface area contributed by atoms with Crippen LogP contribution in [0, 0.1) is 0 Å². The third-order valence-electron chi connectivity index (χ3n) is 1.26. The first-order valence-corrected chi connectivity index (χ1v) is 3.13. The molecule has 0 saturated heterocycles. The van der Waals surface area contributed by atoms with Crippen LogP contribution in [0.15, 0.2) is 5.11 Å². The zero-order chi connectivity index (χ0) is 9.56. The summed E-state index contributed by atoms with van der Waals surface area (Å²) in [5.41, 5.74) is 7.92. The Balaban J connectivity index is 4.29. The molecule has 12 heavy (non-hydrogen) atoms. The second-order valence-corrected chi connectivity index (χ2v) is 2.07. The zero-order valence-corrected chi connectivity index (χ0v) is 6.11. The number of azide groups is 1. The largest absolute Gasteiger partial charge is 0.394 e. The van der Waals surface area contributed by atoms with Crippen LogP contribution in [0.3, 0.4) is 0 Å². The van der Waals surface area contributed by atoms with Gasteiger partial charge in [0.1, 0.15) is 18.4 Å². The van der Waals surface area contributed by atoms with Crippen molar-refractivity contribution in [3.8, 4) is 0 Å². The van der Waals surface area contributed by atoms with Crippen LogP contribution in [-0.4, -0.2) is 46.5 Å². The van der Waals surface area contributed by atoms with Crippen molar-refractivity contribution in [1.29, 1.82) is 0 Å². The second kappa shape index (κ2) is 5.50. The number of aliphatic hydroxyl groups excluding tert-OH is 3. The van der Waals surface area contributed by atoms with E-state index in [-0.39, 0.29) is 6.29 Å².